The van der Waals surface area contributed by atoms with Crippen LogP contribution in [0.4, 0.5) is 10.5 Å². The van der Waals surface area contributed by atoms with Gasteiger partial charge in [0.05, 0.1) is 11.3 Å². The Morgan fingerprint density at radius 2 is 2.00 bits per heavy atom. The topological polar surface area (TPSA) is 95.5 Å². The van der Waals surface area contributed by atoms with E-state index in [2.05, 4.69) is 10.6 Å². The third-order valence-electron chi connectivity index (χ3n) is 2.08. The molecule has 1 atom stereocenters. The Morgan fingerprint density at radius 3 is 2.61 bits per heavy atom. The predicted molar refractivity (Wildman–Crippen MR) is 69.4 cm³/mol. The van der Waals surface area contributed by atoms with Gasteiger partial charge in [-0.1, -0.05) is 12.1 Å². The quantitative estimate of drug-likeness (QED) is 0.740. The Morgan fingerprint density at radius 1 is 1.33 bits per heavy atom. The summed E-state index contributed by atoms with van der Waals surface area (Å²) < 4.78 is 10.8. The van der Waals surface area contributed by atoms with Crippen molar-refractivity contribution in [2.75, 3.05) is 23.9 Å². The fraction of sp³-hybridized carbons (Fsp3) is 0.273. The summed E-state index contributed by atoms with van der Waals surface area (Å²) in [5, 5.41) is 13.8. The van der Waals surface area contributed by atoms with Gasteiger partial charge in [0.2, 0.25) is 0 Å². The predicted octanol–water partition coefficient (Wildman–Crippen LogP) is 0.885. The van der Waals surface area contributed by atoms with Crippen LogP contribution in [0, 0.1) is 0 Å². The summed E-state index contributed by atoms with van der Waals surface area (Å²) in [6, 6.07) is 5.59. The van der Waals surface area contributed by atoms with E-state index in [1.54, 1.807) is 18.4 Å². The monoisotopic (exact) mass is 270 g/mol. The van der Waals surface area contributed by atoms with E-state index in [4.69, 9.17) is 5.11 Å². The summed E-state index contributed by atoms with van der Waals surface area (Å²) in [7, 11) is -0.977. The lowest BCUT2D eigenvalue weighted by molar-refractivity contribution is 0.0698. The van der Waals surface area contributed by atoms with Gasteiger partial charge in [0, 0.05) is 29.4 Å². The minimum atomic E-state index is -1.11. The van der Waals surface area contributed by atoms with Crippen LogP contribution >= 0.6 is 0 Å². The minimum absolute atomic E-state index is 0.0201. The molecule has 18 heavy (non-hydrogen) atoms. The van der Waals surface area contributed by atoms with E-state index in [0.717, 1.165) is 0 Å². The number of benzene rings is 1. The van der Waals surface area contributed by atoms with Crippen molar-refractivity contribution in [2.24, 2.45) is 0 Å². The molecular weight excluding hydrogens is 256 g/mol. The molecule has 6 nitrogen and oxygen atoms in total. The second-order valence-corrected chi connectivity index (χ2v) is 5.06. The number of carbonyl (C=O) groups is 2. The number of urea groups is 1. The zero-order valence-electron chi connectivity index (χ0n) is 9.80. The van der Waals surface area contributed by atoms with Gasteiger partial charge in [0.15, 0.2) is 0 Å². The van der Waals surface area contributed by atoms with Crippen LogP contribution in [-0.2, 0) is 10.8 Å². The zero-order chi connectivity index (χ0) is 13.5. The number of rotatable bonds is 5. The molecule has 98 valence electrons. The Kier molecular flexibility index (Phi) is 5.31. The van der Waals surface area contributed by atoms with E-state index >= 15 is 0 Å². The highest BCUT2D eigenvalue weighted by Gasteiger charge is 2.10. The minimum Gasteiger partial charge on any atom is -0.478 e. The van der Waals surface area contributed by atoms with E-state index in [0.29, 0.717) is 5.75 Å². The van der Waals surface area contributed by atoms with E-state index < -0.39 is 22.8 Å². The van der Waals surface area contributed by atoms with Gasteiger partial charge in [0.25, 0.3) is 0 Å². The van der Waals surface area contributed by atoms with E-state index in [1.807, 2.05) is 0 Å². The van der Waals surface area contributed by atoms with Crippen LogP contribution in [0.3, 0.4) is 0 Å². The fourth-order valence-corrected chi connectivity index (χ4v) is 1.64. The number of aromatic carboxylic acids is 1. The van der Waals surface area contributed by atoms with Crippen molar-refractivity contribution in [3.05, 3.63) is 29.8 Å². The van der Waals surface area contributed by atoms with Gasteiger partial charge in [-0.25, -0.2) is 9.59 Å². The van der Waals surface area contributed by atoms with Crippen LogP contribution in [-0.4, -0.2) is 39.9 Å². The molecule has 0 aromatic heterocycles. The second-order valence-electron chi connectivity index (χ2n) is 3.51. The first-order valence-electron chi connectivity index (χ1n) is 5.18. The number of carboxylic acid groups (broad SMARTS) is 1. The average Bonchev–Trinajstić information content (AvgIpc) is 2.28. The summed E-state index contributed by atoms with van der Waals surface area (Å²) in [5.41, 5.74) is 0.242. The van der Waals surface area contributed by atoms with E-state index in [9.17, 15) is 13.8 Å². The van der Waals surface area contributed by atoms with Crippen molar-refractivity contribution in [3.8, 4) is 0 Å². The van der Waals surface area contributed by atoms with Crippen molar-refractivity contribution in [3.63, 3.8) is 0 Å². The normalized spacial score (nSPS) is 11.6. The summed E-state index contributed by atoms with van der Waals surface area (Å²) in [4.78, 5) is 22.3. The molecule has 0 saturated carbocycles. The molecule has 0 aliphatic rings. The third-order valence-corrected chi connectivity index (χ3v) is 2.86. The molecule has 1 aromatic rings. The number of anilines is 1. The first-order valence-corrected chi connectivity index (χ1v) is 6.90. The molecule has 0 spiro atoms. The lowest BCUT2D eigenvalue weighted by Gasteiger charge is -2.09. The number of para-hydroxylation sites is 1. The van der Waals surface area contributed by atoms with Gasteiger partial charge in [-0.2, -0.15) is 0 Å². The number of hydrogen-bond acceptors (Lipinski definition) is 3. The number of carbonyl (C=O) groups excluding carboxylic acids is 1. The standard InChI is InChI=1S/C11H14N2O4S/c1-18(17)7-6-12-11(16)13-9-5-3-2-4-8(9)10(14)15/h2-5H,6-7H2,1H3,(H,14,15)(H2,12,13,16). The Bertz CT molecular complexity index is 476. The highest BCUT2D eigenvalue weighted by molar-refractivity contribution is 7.84. The first-order chi connectivity index (χ1) is 8.50. The van der Waals surface area contributed by atoms with Gasteiger partial charge >= 0.3 is 12.0 Å². The fourth-order valence-electron chi connectivity index (χ4n) is 1.25. The number of hydrogen-bond donors (Lipinski definition) is 3. The van der Waals surface area contributed by atoms with Crippen molar-refractivity contribution in [1.82, 2.24) is 5.32 Å². The molecule has 1 unspecified atom stereocenters. The molecule has 0 aliphatic heterocycles. The number of amides is 2. The van der Waals surface area contributed by atoms with Crippen LogP contribution in [0.25, 0.3) is 0 Å². The molecule has 2 amide bonds. The maximum Gasteiger partial charge on any atom is 0.337 e. The smallest absolute Gasteiger partial charge is 0.337 e. The van der Waals surface area contributed by atoms with Crippen LogP contribution in [0.5, 0.6) is 0 Å². The highest BCUT2D eigenvalue weighted by atomic mass is 32.2. The Balaban J connectivity index is 2.59. The molecule has 0 radical (unpaired) electrons. The second kappa shape index (κ2) is 6.75. The molecule has 0 fully saturated rings. The average molecular weight is 270 g/mol. The van der Waals surface area contributed by atoms with Crippen molar-refractivity contribution in [1.29, 1.82) is 0 Å². The summed E-state index contributed by atoms with van der Waals surface area (Å²) >= 11 is 0. The summed E-state index contributed by atoms with van der Waals surface area (Å²) in [6.45, 7) is 0.268. The van der Waals surface area contributed by atoms with Crippen LogP contribution < -0.4 is 10.6 Å². The summed E-state index contributed by atoms with van der Waals surface area (Å²) in [5.74, 6) is -0.755. The lowest BCUT2D eigenvalue weighted by atomic mass is 10.2. The van der Waals surface area contributed by atoms with Crippen LogP contribution in [0.2, 0.25) is 0 Å². The molecule has 7 heteroatoms. The van der Waals surface area contributed by atoms with Gasteiger partial charge < -0.3 is 15.7 Å². The van der Waals surface area contributed by atoms with E-state index in [-0.39, 0.29) is 17.8 Å². The summed E-state index contributed by atoms with van der Waals surface area (Å²) in [6.07, 6.45) is 1.54. The van der Waals surface area contributed by atoms with Gasteiger partial charge in [0.1, 0.15) is 0 Å². The zero-order valence-corrected chi connectivity index (χ0v) is 10.6. The van der Waals surface area contributed by atoms with Crippen molar-refractivity contribution < 1.29 is 18.9 Å². The Hall–Kier alpha value is -1.89. The molecular formula is C11H14N2O4S. The largest absolute Gasteiger partial charge is 0.478 e. The molecule has 0 bridgehead atoms. The first kappa shape index (κ1) is 14.2. The molecule has 0 aliphatic carbocycles. The Labute approximate surface area is 107 Å². The maximum absolute atomic E-state index is 11.5. The van der Waals surface area contributed by atoms with Crippen molar-refractivity contribution in [2.45, 2.75) is 0 Å². The van der Waals surface area contributed by atoms with Crippen molar-refractivity contribution >= 4 is 28.5 Å². The van der Waals surface area contributed by atoms with E-state index in [1.165, 1.54) is 12.1 Å². The van der Waals surface area contributed by atoms with Crippen LogP contribution in [0.1, 0.15) is 10.4 Å². The van der Waals surface area contributed by atoms with Crippen LogP contribution in [0.15, 0.2) is 24.3 Å². The van der Waals surface area contributed by atoms with Gasteiger partial charge in [-0.3, -0.25) is 4.21 Å². The molecule has 3 N–H and O–H groups in total. The molecule has 1 aromatic carbocycles. The number of nitrogens with one attached hydrogen (secondary N) is 2. The van der Waals surface area contributed by atoms with Gasteiger partial charge in [-0.15, -0.1) is 0 Å². The molecule has 0 saturated heterocycles. The lowest BCUT2D eigenvalue weighted by Crippen LogP contribution is -2.32. The van der Waals surface area contributed by atoms with Gasteiger partial charge in [-0.05, 0) is 12.1 Å². The molecule has 1 rings (SSSR count). The number of carboxylic acids is 1. The maximum atomic E-state index is 11.5. The molecule has 0 heterocycles. The highest BCUT2D eigenvalue weighted by Crippen LogP contribution is 2.14. The SMILES string of the molecule is CS(=O)CCNC(=O)Nc1ccccc1C(=O)O. The third kappa shape index (κ3) is 4.54.